The summed E-state index contributed by atoms with van der Waals surface area (Å²) in [5, 5.41) is 0. The third-order valence-corrected chi connectivity index (χ3v) is 8.56. The summed E-state index contributed by atoms with van der Waals surface area (Å²) in [6.45, 7) is 20.6. The van der Waals surface area contributed by atoms with Gasteiger partial charge < -0.3 is 29.2 Å². The van der Waals surface area contributed by atoms with E-state index in [1.54, 1.807) is 4.90 Å². The molecular weight excluding hydrogens is 490 g/mol. The molecule has 5 rings (SSSR count). The summed E-state index contributed by atoms with van der Waals surface area (Å²) in [7, 11) is 2.14. The number of amides is 1. The van der Waals surface area contributed by atoms with E-state index < -0.39 is 0 Å². The SMILES string of the molecule is [C-]#[N+]CC1CN(c2nc(OC[C@@H]3CCCN3C)nc3c2CCN(c2cccc(C)c2C)C3)CCN1C(=O)C=C. The van der Waals surface area contributed by atoms with Crippen molar-refractivity contribution in [3.8, 4) is 6.01 Å². The van der Waals surface area contributed by atoms with Crippen LogP contribution in [0, 0.1) is 20.4 Å². The first-order valence-electron chi connectivity index (χ1n) is 13.9. The second-order valence-electron chi connectivity index (χ2n) is 10.9. The van der Waals surface area contributed by atoms with Crippen molar-refractivity contribution in [2.75, 3.05) is 62.7 Å². The number of fused-ring (bicyclic) bond motifs is 1. The largest absolute Gasteiger partial charge is 0.462 e. The molecule has 3 aliphatic rings. The first kappa shape index (κ1) is 26.9. The van der Waals surface area contributed by atoms with Crippen LogP contribution < -0.4 is 14.5 Å². The van der Waals surface area contributed by atoms with Gasteiger partial charge in [0.15, 0.2) is 0 Å². The number of rotatable bonds is 7. The monoisotopic (exact) mass is 529 g/mol. The van der Waals surface area contributed by atoms with Gasteiger partial charge in [-0.3, -0.25) is 4.79 Å². The Bertz CT molecular complexity index is 1270. The molecule has 3 aliphatic heterocycles. The standard InChI is InChI=1S/C30H39N7O2/c1-6-28(38)37-16-15-36(18-24(37)17-31-4)29-25-12-14-35(27-11-7-9-21(2)22(27)3)19-26(25)32-30(33-29)39-20-23-10-8-13-34(23)5/h6-7,9,11,23-24H,1,8,10,12-20H2,2-3,5H3/t23-,24?/m0/s1. The number of carbonyl (C=O) groups excluding carboxylic acids is 1. The predicted octanol–water partition coefficient (Wildman–Crippen LogP) is 3.25. The third kappa shape index (κ3) is 5.57. The van der Waals surface area contributed by atoms with Gasteiger partial charge in [0.2, 0.25) is 12.5 Å². The number of aromatic nitrogens is 2. The lowest BCUT2D eigenvalue weighted by Gasteiger charge is -2.41. The van der Waals surface area contributed by atoms with Gasteiger partial charge in [-0.1, -0.05) is 18.7 Å². The number of benzene rings is 1. The fourth-order valence-electron chi connectivity index (χ4n) is 6.08. The van der Waals surface area contributed by atoms with Crippen LogP contribution in [0.4, 0.5) is 11.5 Å². The summed E-state index contributed by atoms with van der Waals surface area (Å²) in [6.07, 6.45) is 4.46. The van der Waals surface area contributed by atoms with Gasteiger partial charge in [-0.15, -0.1) is 0 Å². The van der Waals surface area contributed by atoms with Crippen molar-refractivity contribution in [3.63, 3.8) is 0 Å². The highest BCUT2D eigenvalue weighted by Crippen LogP contribution is 2.33. The topological polar surface area (TPSA) is 69.4 Å². The molecule has 39 heavy (non-hydrogen) atoms. The zero-order chi connectivity index (χ0) is 27.5. The Kier molecular flexibility index (Phi) is 8.03. The third-order valence-electron chi connectivity index (χ3n) is 8.56. The molecule has 0 saturated carbocycles. The Hall–Kier alpha value is -3.64. The van der Waals surface area contributed by atoms with Crippen LogP contribution >= 0.6 is 0 Å². The Morgan fingerprint density at radius 2 is 2.03 bits per heavy atom. The number of hydrogen-bond acceptors (Lipinski definition) is 7. The number of aryl methyl sites for hydroxylation is 1. The Morgan fingerprint density at radius 3 is 2.77 bits per heavy atom. The van der Waals surface area contributed by atoms with E-state index in [1.165, 1.54) is 29.3 Å². The van der Waals surface area contributed by atoms with Crippen molar-refractivity contribution >= 4 is 17.4 Å². The molecule has 9 nitrogen and oxygen atoms in total. The molecule has 1 amide bonds. The number of hydrogen-bond donors (Lipinski definition) is 0. The van der Waals surface area contributed by atoms with Gasteiger partial charge in [0.25, 0.3) is 0 Å². The van der Waals surface area contributed by atoms with Crippen LogP contribution in [0.25, 0.3) is 4.85 Å². The molecule has 0 aliphatic carbocycles. The lowest BCUT2D eigenvalue weighted by molar-refractivity contribution is -0.128. The highest BCUT2D eigenvalue weighted by molar-refractivity contribution is 5.87. The van der Waals surface area contributed by atoms with E-state index in [-0.39, 0.29) is 18.5 Å². The normalized spacial score (nSPS) is 21.4. The highest BCUT2D eigenvalue weighted by Gasteiger charge is 2.35. The molecule has 2 atom stereocenters. The Morgan fingerprint density at radius 1 is 1.18 bits per heavy atom. The van der Waals surface area contributed by atoms with Crippen molar-refractivity contribution in [2.24, 2.45) is 0 Å². The molecular formula is C30H39N7O2. The van der Waals surface area contributed by atoms with Crippen molar-refractivity contribution in [3.05, 3.63) is 64.7 Å². The highest BCUT2D eigenvalue weighted by atomic mass is 16.5. The summed E-state index contributed by atoms with van der Waals surface area (Å²) in [5.41, 5.74) is 5.95. The van der Waals surface area contributed by atoms with Gasteiger partial charge >= 0.3 is 6.01 Å². The van der Waals surface area contributed by atoms with Gasteiger partial charge in [-0.25, -0.2) is 6.57 Å². The zero-order valence-corrected chi connectivity index (χ0v) is 23.4. The fraction of sp³-hybridized carbons (Fsp3) is 0.533. The summed E-state index contributed by atoms with van der Waals surface area (Å²) < 4.78 is 6.26. The van der Waals surface area contributed by atoms with Gasteiger partial charge in [-0.05, 0) is 70.0 Å². The molecule has 9 heteroatoms. The smallest absolute Gasteiger partial charge is 0.318 e. The van der Waals surface area contributed by atoms with Gasteiger partial charge in [-0.2, -0.15) is 9.97 Å². The van der Waals surface area contributed by atoms with Gasteiger partial charge in [0, 0.05) is 43.5 Å². The quantitative estimate of drug-likeness (QED) is 0.403. The maximum atomic E-state index is 12.5. The Labute approximate surface area is 231 Å². The van der Waals surface area contributed by atoms with Crippen LogP contribution in [-0.4, -0.2) is 90.7 Å². The first-order chi connectivity index (χ1) is 18.9. The number of likely N-dealkylation sites (tertiary alicyclic amines) is 1. The van der Waals surface area contributed by atoms with Crippen molar-refractivity contribution in [2.45, 2.75) is 51.7 Å². The molecule has 1 aromatic carbocycles. The van der Waals surface area contributed by atoms with Crippen molar-refractivity contribution in [1.29, 1.82) is 0 Å². The van der Waals surface area contributed by atoms with Gasteiger partial charge in [0.05, 0.1) is 12.2 Å². The van der Waals surface area contributed by atoms with E-state index in [1.807, 2.05) is 0 Å². The second kappa shape index (κ2) is 11.6. The molecule has 1 aromatic heterocycles. The number of nitrogens with zero attached hydrogens (tertiary/aromatic N) is 7. The summed E-state index contributed by atoms with van der Waals surface area (Å²) in [6, 6.07) is 7.03. The zero-order valence-electron chi connectivity index (χ0n) is 23.4. The van der Waals surface area contributed by atoms with Crippen LogP contribution in [0.5, 0.6) is 6.01 Å². The Balaban J connectivity index is 1.46. The molecule has 206 valence electrons. The van der Waals surface area contributed by atoms with E-state index >= 15 is 0 Å². The molecule has 0 N–H and O–H groups in total. The van der Waals surface area contributed by atoms with E-state index in [2.05, 4.69) is 65.2 Å². The van der Waals surface area contributed by atoms with Crippen LogP contribution in [0.15, 0.2) is 30.9 Å². The van der Waals surface area contributed by atoms with Crippen LogP contribution in [0.2, 0.25) is 0 Å². The lowest BCUT2D eigenvalue weighted by atomic mass is 10.0. The maximum absolute atomic E-state index is 12.5. The minimum Gasteiger partial charge on any atom is -0.462 e. The molecule has 4 heterocycles. The van der Waals surface area contributed by atoms with Crippen LogP contribution in [0.3, 0.4) is 0 Å². The average Bonchev–Trinajstić information content (AvgIpc) is 3.36. The predicted molar refractivity (Wildman–Crippen MR) is 153 cm³/mol. The minimum absolute atomic E-state index is 0.123. The van der Waals surface area contributed by atoms with E-state index in [0.717, 1.165) is 43.0 Å². The van der Waals surface area contributed by atoms with Gasteiger partial charge in [0.1, 0.15) is 18.5 Å². The van der Waals surface area contributed by atoms with Crippen molar-refractivity contribution in [1.82, 2.24) is 19.8 Å². The molecule has 0 radical (unpaired) electrons. The number of piperazine rings is 1. The minimum atomic E-state index is -0.209. The first-order valence-corrected chi connectivity index (χ1v) is 13.9. The maximum Gasteiger partial charge on any atom is 0.318 e. The van der Waals surface area contributed by atoms with Crippen LogP contribution in [-0.2, 0) is 17.8 Å². The number of anilines is 2. The summed E-state index contributed by atoms with van der Waals surface area (Å²) in [4.78, 5) is 34.7. The lowest BCUT2D eigenvalue weighted by Crippen LogP contribution is -2.56. The molecule has 2 aromatic rings. The van der Waals surface area contributed by atoms with E-state index in [4.69, 9.17) is 21.3 Å². The molecule has 0 bridgehead atoms. The second-order valence-corrected chi connectivity index (χ2v) is 10.9. The summed E-state index contributed by atoms with van der Waals surface area (Å²) >= 11 is 0. The molecule has 0 spiro atoms. The molecule has 2 fully saturated rings. The molecule has 1 unspecified atom stereocenters. The van der Waals surface area contributed by atoms with E-state index in [0.29, 0.717) is 44.8 Å². The number of carbonyl (C=O) groups is 1. The fourth-order valence-corrected chi connectivity index (χ4v) is 6.08. The number of ether oxygens (including phenoxy) is 1. The summed E-state index contributed by atoms with van der Waals surface area (Å²) in [5.74, 6) is 0.762. The van der Waals surface area contributed by atoms with Crippen LogP contribution in [0.1, 0.15) is 35.2 Å². The average molecular weight is 530 g/mol. The van der Waals surface area contributed by atoms with Crippen molar-refractivity contribution < 1.29 is 9.53 Å². The van der Waals surface area contributed by atoms with E-state index in [9.17, 15) is 4.79 Å². The molecule has 2 saturated heterocycles. The number of likely N-dealkylation sites (N-methyl/N-ethyl adjacent to an activating group) is 1.